The molecule has 1 fully saturated rings. The summed E-state index contributed by atoms with van der Waals surface area (Å²) in [5.74, 6) is 0.352. The zero-order valence-electron chi connectivity index (χ0n) is 11.6. The van der Waals surface area contributed by atoms with Crippen molar-refractivity contribution in [3.63, 3.8) is 0 Å². The van der Waals surface area contributed by atoms with E-state index in [-0.39, 0.29) is 11.8 Å². The fourth-order valence-electron chi connectivity index (χ4n) is 2.75. The van der Waals surface area contributed by atoms with Gasteiger partial charge in [-0.3, -0.25) is 4.79 Å². The third-order valence-corrected chi connectivity index (χ3v) is 4.98. The van der Waals surface area contributed by atoms with Crippen LogP contribution in [0.1, 0.15) is 11.3 Å². The number of fused-ring (bicyclic) bond motifs is 1. The lowest BCUT2D eigenvalue weighted by atomic mass is 10.1. The van der Waals surface area contributed by atoms with Gasteiger partial charge in [-0.15, -0.1) is 11.3 Å². The van der Waals surface area contributed by atoms with E-state index in [2.05, 4.69) is 28.2 Å². The lowest BCUT2D eigenvalue weighted by molar-refractivity contribution is -0.127. The van der Waals surface area contributed by atoms with Crippen LogP contribution < -0.4 is 0 Å². The molecule has 108 valence electrons. The molecule has 5 nitrogen and oxygen atoms in total. The summed E-state index contributed by atoms with van der Waals surface area (Å²) in [6.07, 6.45) is 1.39. The van der Waals surface area contributed by atoms with Crippen LogP contribution in [0.4, 0.5) is 0 Å². The molecule has 0 saturated carbocycles. The van der Waals surface area contributed by atoms with Crippen LogP contribution in [0.25, 0.3) is 20.5 Å². The van der Waals surface area contributed by atoms with Crippen LogP contribution >= 0.6 is 11.3 Å². The van der Waals surface area contributed by atoms with Gasteiger partial charge in [0.25, 0.3) is 0 Å². The van der Waals surface area contributed by atoms with Gasteiger partial charge in [0.1, 0.15) is 0 Å². The van der Waals surface area contributed by atoms with Crippen LogP contribution in [0.3, 0.4) is 0 Å². The monoisotopic (exact) mass is 300 g/mol. The molecule has 1 amide bonds. The highest BCUT2D eigenvalue weighted by atomic mass is 32.1. The molecule has 1 atom stereocenters. The number of amides is 1. The number of hydrogen-bond acceptors (Lipinski definition) is 3. The maximum atomic E-state index is 11.9. The number of benzene rings is 1. The van der Waals surface area contributed by atoms with E-state index in [9.17, 15) is 4.79 Å². The van der Waals surface area contributed by atoms with E-state index >= 15 is 0 Å². The first-order valence-corrected chi connectivity index (χ1v) is 7.84. The summed E-state index contributed by atoms with van der Waals surface area (Å²) in [5, 5.41) is 4.84. The fraction of sp³-hybridized carbons (Fsp3) is 0.400. The molecule has 1 unspecified atom stereocenters. The average molecular weight is 300 g/mol. The molecule has 2 heterocycles. The van der Waals surface area contributed by atoms with Crippen molar-refractivity contribution in [1.82, 2.24) is 4.90 Å². The molecule has 2 aromatic rings. The molecule has 0 radical (unpaired) electrons. The molecule has 1 aliphatic rings. The van der Waals surface area contributed by atoms with Crippen LogP contribution in [0.15, 0.2) is 35.4 Å². The van der Waals surface area contributed by atoms with Gasteiger partial charge in [0.05, 0.1) is 0 Å². The fourth-order valence-corrected chi connectivity index (χ4v) is 3.80. The van der Waals surface area contributed by atoms with E-state index in [0.29, 0.717) is 19.5 Å². The summed E-state index contributed by atoms with van der Waals surface area (Å²) < 4.78 is 1.29. The zero-order valence-corrected chi connectivity index (χ0v) is 12.4. The number of carbonyl (C=O) groups is 1. The Hall–Kier alpha value is -2.04. The van der Waals surface area contributed by atoms with Gasteiger partial charge < -0.3 is 4.90 Å². The summed E-state index contributed by atoms with van der Waals surface area (Å²) in [4.78, 5) is 17.9. The number of likely N-dealkylation sites (tertiary alicyclic amines) is 1. The highest BCUT2D eigenvalue weighted by Crippen LogP contribution is 2.26. The van der Waals surface area contributed by atoms with Crippen molar-refractivity contribution >= 4 is 27.3 Å². The van der Waals surface area contributed by atoms with Gasteiger partial charge in [0.15, 0.2) is 0 Å². The Morgan fingerprint density at radius 2 is 2.29 bits per heavy atom. The Labute approximate surface area is 126 Å². The van der Waals surface area contributed by atoms with Gasteiger partial charge in [0, 0.05) is 40.5 Å². The molecule has 1 aliphatic heterocycles. The Morgan fingerprint density at radius 1 is 1.43 bits per heavy atom. The summed E-state index contributed by atoms with van der Waals surface area (Å²) in [6, 6.07) is 10.5. The molecule has 1 aromatic carbocycles. The second-order valence-electron chi connectivity index (χ2n) is 5.32. The van der Waals surface area contributed by atoms with E-state index in [4.69, 9.17) is 5.53 Å². The largest absolute Gasteiger partial charge is 0.342 e. The summed E-state index contributed by atoms with van der Waals surface area (Å²) in [6.45, 7) is 1.88. The lowest BCUT2D eigenvalue weighted by Gasteiger charge is -2.15. The first-order valence-electron chi connectivity index (χ1n) is 7.02. The van der Waals surface area contributed by atoms with Gasteiger partial charge in [-0.2, -0.15) is 0 Å². The predicted molar refractivity (Wildman–Crippen MR) is 84.2 cm³/mol. The van der Waals surface area contributed by atoms with Crippen LogP contribution in [0, 0.1) is 5.92 Å². The molecule has 6 heteroatoms. The van der Waals surface area contributed by atoms with Crippen molar-refractivity contribution in [3.05, 3.63) is 45.7 Å². The topological polar surface area (TPSA) is 69.1 Å². The number of azide groups is 1. The van der Waals surface area contributed by atoms with Crippen LogP contribution in [-0.4, -0.2) is 30.4 Å². The quantitative estimate of drug-likeness (QED) is 0.472. The van der Waals surface area contributed by atoms with Crippen molar-refractivity contribution < 1.29 is 4.79 Å². The van der Waals surface area contributed by atoms with E-state index in [1.165, 1.54) is 15.0 Å². The minimum atomic E-state index is 0.175. The molecule has 3 rings (SSSR count). The van der Waals surface area contributed by atoms with Crippen LogP contribution in [-0.2, 0) is 11.2 Å². The molecular formula is C15H16N4OS. The highest BCUT2D eigenvalue weighted by Gasteiger charge is 2.28. The van der Waals surface area contributed by atoms with E-state index < -0.39 is 0 Å². The van der Waals surface area contributed by atoms with E-state index in [1.54, 1.807) is 11.3 Å². The summed E-state index contributed by atoms with van der Waals surface area (Å²) >= 11 is 1.79. The average Bonchev–Trinajstić information content (AvgIpc) is 3.05. The Balaban J connectivity index is 1.59. The van der Waals surface area contributed by atoms with Gasteiger partial charge in [-0.05, 0) is 35.4 Å². The van der Waals surface area contributed by atoms with E-state index in [1.807, 2.05) is 17.0 Å². The Kier molecular flexibility index (Phi) is 4.08. The first kappa shape index (κ1) is 13.9. The molecule has 1 saturated heterocycles. The predicted octanol–water partition coefficient (Wildman–Crippen LogP) is 3.60. The second-order valence-corrected chi connectivity index (χ2v) is 6.49. The normalized spacial score (nSPS) is 18.2. The molecule has 21 heavy (non-hydrogen) atoms. The zero-order chi connectivity index (χ0) is 14.7. The number of thiophene rings is 1. The number of carbonyl (C=O) groups excluding carboxylic acids is 1. The highest BCUT2D eigenvalue weighted by molar-refractivity contribution is 7.19. The third kappa shape index (κ3) is 3.17. The Morgan fingerprint density at radius 3 is 3.10 bits per heavy atom. The first-order chi connectivity index (χ1) is 10.3. The van der Waals surface area contributed by atoms with Gasteiger partial charge in [-0.25, -0.2) is 0 Å². The van der Waals surface area contributed by atoms with Crippen molar-refractivity contribution in [1.29, 1.82) is 0 Å². The molecule has 0 N–H and O–H groups in total. The minimum Gasteiger partial charge on any atom is -0.342 e. The van der Waals surface area contributed by atoms with Gasteiger partial charge in [-0.1, -0.05) is 23.3 Å². The number of rotatable bonds is 5. The van der Waals surface area contributed by atoms with Crippen molar-refractivity contribution in [3.8, 4) is 0 Å². The van der Waals surface area contributed by atoms with Gasteiger partial charge in [0.2, 0.25) is 5.91 Å². The molecule has 0 bridgehead atoms. The standard InChI is InChI=1S/C15H16N4OS/c16-18-17-9-11-7-15(20)19(10-11)6-5-13-8-12-3-1-2-4-14(12)21-13/h1-4,8,11H,5-7,9-10H2. The minimum absolute atomic E-state index is 0.175. The molecule has 0 spiro atoms. The molecule has 1 aromatic heterocycles. The smallest absolute Gasteiger partial charge is 0.222 e. The lowest BCUT2D eigenvalue weighted by Crippen LogP contribution is -2.27. The Bertz CT molecular complexity index is 672. The maximum absolute atomic E-state index is 11.9. The van der Waals surface area contributed by atoms with Crippen LogP contribution in [0.2, 0.25) is 0 Å². The van der Waals surface area contributed by atoms with Crippen LogP contribution in [0.5, 0.6) is 0 Å². The summed E-state index contributed by atoms with van der Waals surface area (Å²) in [7, 11) is 0. The molecular weight excluding hydrogens is 284 g/mol. The number of hydrogen-bond donors (Lipinski definition) is 0. The van der Waals surface area contributed by atoms with E-state index in [0.717, 1.165) is 13.0 Å². The SMILES string of the molecule is [N-]=[N+]=NCC1CC(=O)N(CCc2cc3ccccc3s2)C1. The van der Waals surface area contributed by atoms with Crippen molar-refractivity contribution in [2.45, 2.75) is 12.8 Å². The van der Waals surface area contributed by atoms with Crippen molar-refractivity contribution in [2.75, 3.05) is 19.6 Å². The third-order valence-electron chi connectivity index (χ3n) is 3.80. The van der Waals surface area contributed by atoms with Crippen molar-refractivity contribution in [2.24, 2.45) is 11.0 Å². The number of nitrogens with zero attached hydrogens (tertiary/aromatic N) is 4. The molecule has 0 aliphatic carbocycles. The summed E-state index contributed by atoms with van der Waals surface area (Å²) in [5.41, 5.74) is 8.34. The second kappa shape index (κ2) is 6.16. The maximum Gasteiger partial charge on any atom is 0.222 e. The van der Waals surface area contributed by atoms with Gasteiger partial charge >= 0.3 is 0 Å².